The molecule has 2 aromatic carbocycles. The minimum absolute atomic E-state index is 0.0777. The van der Waals surface area contributed by atoms with E-state index in [1.54, 1.807) is 7.11 Å². The number of carbonyl (C=O) groups is 1. The highest BCUT2D eigenvalue weighted by Crippen LogP contribution is 2.24. The summed E-state index contributed by atoms with van der Waals surface area (Å²) >= 11 is 5.14. The Kier molecular flexibility index (Phi) is 7.63. The summed E-state index contributed by atoms with van der Waals surface area (Å²) in [5, 5.41) is 3.33. The third kappa shape index (κ3) is 7.08. The van der Waals surface area contributed by atoms with E-state index in [2.05, 4.69) is 36.9 Å². The van der Waals surface area contributed by atoms with Crippen LogP contribution >= 0.6 is 12.2 Å². The molecule has 0 fully saturated rings. The van der Waals surface area contributed by atoms with Crippen LogP contribution in [0.2, 0.25) is 0 Å². The van der Waals surface area contributed by atoms with Gasteiger partial charge >= 0.3 is 0 Å². The highest BCUT2D eigenvalue weighted by Gasteiger charge is 2.13. The zero-order valence-corrected chi connectivity index (χ0v) is 17.5. The molecule has 2 rings (SSSR count). The molecule has 2 aromatic rings. The summed E-state index contributed by atoms with van der Waals surface area (Å²) in [6, 6.07) is 15.4. The molecule has 6 nitrogen and oxygen atoms in total. The number of amides is 1. The monoisotopic (exact) mass is 401 g/mol. The zero-order chi connectivity index (χ0) is 20.6. The van der Waals surface area contributed by atoms with E-state index >= 15 is 0 Å². The first-order valence-corrected chi connectivity index (χ1v) is 9.38. The number of hydrogen-bond acceptors (Lipinski definition) is 4. The zero-order valence-electron chi connectivity index (χ0n) is 16.7. The van der Waals surface area contributed by atoms with Crippen molar-refractivity contribution in [2.24, 2.45) is 0 Å². The van der Waals surface area contributed by atoms with E-state index in [1.807, 2.05) is 48.5 Å². The van der Waals surface area contributed by atoms with Crippen molar-refractivity contribution < 1.29 is 14.3 Å². The average molecular weight is 402 g/mol. The van der Waals surface area contributed by atoms with Gasteiger partial charge in [0.15, 0.2) is 11.7 Å². The van der Waals surface area contributed by atoms with Crippen molar-refractivity contribution in [1.82, 2.24) is 16.2 Å². The van der Waals surface area contributed by atoms with Crippen LogP contribution in [0.3, 0.4) is 0 Å². The Morgan fingerprint density at radius 2 is 1.57 bits per heavy atom. The summed E-state index contributed by atoms with van der Waals surface area (Å²) in [6.07, 6.45) is 0. The number of benzene rings is 2. The molecule has 0 heterocycles. The van der Waals surface area contributed by atoms with Crippen LogP contribution < -0.4 is 25.6 Å². The smallest absolute Gasteiger partial charge is 0.276 e. The fourth-order valence-electron chi connectivity index (χ4n) is 2.33. The van der Waals surface area contributed by atoms with Crippen molar-refractivity contribution in [2.75, 3.05) is 13.7 Å². The van der Waals surface area contributed by atoms with Gasteiger partial charge in [-0.2, -0.15) is 0 Å². The van der Waals surface area contributed by atoms with E-state index in [0.29, 0.717) is 17.4 Å². The number of rotatable bonds is 6. The quantitative estimate of drug-likeness (QED) is 0.510. The Hall–Kier alpha value is -2.80. The molecule has 0 saturated heterocycles. The number of ether oxygens (including phenoxy) is 2. The van der Waals surface area contributed by atoms with Crippen molar-refractivity contribution >= 4 is 23.2 Å². The molecule has 7 heteroatoms. The number of hydrazine groups is 1. The van der Waals surface area contributed by atoms with Gasteiger partial charge in [0.25, 0.3) is 5.91 Å². The number of hydrogen-bond donors (Lipinski definition) is 3. The molecular formula is C21H27N3O3S. The third-order valence-corrected chi connectivity index (χ3v) is 4.26. The van der Waals surface area contributed by atoms with Crippen LogP contribution in [0.15, 0.2) is 48.5 Å². The fraction of sp³-hybridized carbons (Fsp3) is 0.333. The van der Waals surface area contributed by atoms with Gasteiger partial charge in [0.2, 0.25) is 0 Å². The Bertz CT molecular complexity index is 784. The van der Waals surface area contributed by atoms with E-state index in [1.165, 1.54) is 5.56 Å². The van der Waals surface area contributed by atoms with E-state index in [-0.39, 0.29) is 17.9 Å². The van der Waals surface area contributed by atoms with Gasteiger partial charge in [0.1, 0.15) is 11.5 Å². The maximum absolute atomic E-state index is 11.9. The molecule has 1 amide bonds. The van der Waals surface area contributed by atoms with Crippen LogP contribution in [-0.2, 0) is 16.8 Å². The molecule has 0 aliphatic rings. The Morgan fingerprint density at radius 1 is 0.964 bits per heavy atom. The number of carbonyl (C=O) groups excluding carboxylic acids is 1. The van der Waals surface area contributed by atoms with Crippen molar-refractivity contribution in [1.29, 1.82) is 0 Å². The lowest BCUT2D eigenvalue weighted by Crippen LogP contribution is -2.48. The molecule has 0 saturated carbocycles. The normalized spacial score (nSPS) is 10.7. The Balaban J connectivity index is 1.67. The van der Waals surface area contributed by atoms with Crippen LogP contribution in [0.25, 0.3) is 0 Å². The molecule has 3 N–H and O–H groups in total. The van der Waals surface area contributed by atoms with Crippen molar-refractivity contribution in [2.45, 2.75) is 32.7 Å². The lowest BCUT2D eigenvalue weighted by Gasteiger charge is -2.19. The van der Waals surface area contributed by atoms with E-state index < -0.39 is 0 Å². The van der Waals surface area contributed by atoms with Gasteiger partial charge in [-0.25, -0.2) is 0 Å². The predicted molar refractivity (Wildman–Crippen MR) is 114 cm³/mol. The van der Waals surface area contributed by atoms with Crippen LogP contribution in [-0.4, -0.2) is 24.7 Å². The highest BCUT2D eigenvalue weighted by atomic mass is 32.1. The summed E-state index contributed by atoms with van der Waals surface area (Å²) < 4.78 is 10.6. The lowest BCUT2D eigenvalue weighted by atomic mass is 9.87. The van der Waals surface area contributed by atoms with E-state index in [4.69, 9.17) is 21.7 Å². The molecule has 150 valence electrons. The number of nitrogens with one attached hydrogen (secondary N) is 3. The first-order chi connectivity index (χ1) is 13.3. The SMILES string of the molecule is COc1ccc(CNC(=S)NNC(=O)COc2ccc(C(C)(C)C)cc2)cc1. The molecule has 0 unspecified atom stereocenters. The first kappa shape index (κ1) is 21.5. The van der Waals surface area contributed by atoms with Crippen LogP contribution in [0.5, 0.6) is 11.5 Å². The van der Waals surface area contributed by atoms with E-state index in [0.717, 1.165) is 11.3 Å². The third-order valence-electron chi connectivity index (χ3n) is 4.02. The fourth-order valence-corrected chi connectivity index (χ4v) is 2.46. The van der Waals surface area contributed by atoms with Gasteiger partial charge in [-0.15, -0.1) is 0 Å². The molecule has 0 aliphatic heterocycles. The topological polar surface area (TPSA) is 71.6 Å². The summed E-state index contributed by atoms with van der Waals surface area (Å²) in [5.74, 6) is 1.11. The predicted octanol–water partition coefficient (Wildman–Crippen LogP) is 3.07. The van der Waals surface area contributed by atoms with Gasteiger partial charge in [0, 0.05) is 6.54 Å². The second-order valence-corrected chi connectivity index (χ2v) is 7.68. The van der Waals surface area contributed by atoms with Crippen LogP contribution in [0.4, 0.5) is 0 Å². The second-order valence-electron chi connectivity index (χ2n) is 7.27. The van der Waals surface area contributed by atoms with Gasteiger partial charge in [-0.05, 0) is 53.0 Å². The number of methoxy groups -OCH3 is 1. The molecular weight excluding hydrogens is 374 g/mol. The van der Waals surface area contributed by atoms with Crippen LogP contribution in [0, 0.1) is 0 Å². The minimum Gasteiger partial charge on any atom is -0.497 e. The van der Waals surface area contributed by atoms with Gasteiger partial charge < -0.3 is 14.8 Å². The van der Waals surface area contributed by atoms with Gasteiger partial charge in [-0.1, -0.05) is 45.0 Å². The summed E-state index contributed by atoms with van der Waals surface area (Å²) in [7, 11) is 1.62. The maximum atomic E-state index is 11.9. The summed E-state index contributed by atoms with van der Waals surface area (Å²) in [4.78, 5) is 11.9. The van der Waals surface area contributed by atoms with Crippen molar-refractivity contribution in [3.05, 3.63) is 59.7 Å². The first-order valence-electron chi connectivity index (χ1n) is 8.97. The van der Waals surface area contributed by atoms with Crippen LogP contribution in [0.1, 0.15) is 31.9 Å². The largest absolute Gasteiger partial charge is 0.497 e. The molecule has 0 bridgehead atoms. The summed E-state index contributed by atoms with van der Waals surface area (Å²) in [6.45, 7) is 6.86. The van der Waals surface area contributed by atoms with Gasteiger partial charge in [0.05, 0.1) is 7.11 Å². The lowest BCUT2D eigenvalue weighted by molar-refractivity contribution is -0.123. The highest BCUT2D eigenvalue weighted by molar-refractivity contribution is 7.80. The molecule has 0 spiro atoms. The number of thiocarbonyl (C=S) groups is 1. The van der Waals surface area contributed by atoms with Gasteiger partial charge in [-0.3, -0.25) is 15.6 Å². The molecule has 0 aliphatic carbocycles. The van der Waals surface area contributed by atoms with E-state index in [9.17, 15) is 4.79 Å². The second kappa shape index (κ2) is 9.94. The molecule has 0 radical (unpaired) electrons. The average Bonchev–Trinajstić information content (AvgIpc) is 2.69. The Morgan fingerprint density at radius 3 is 2.14 bits per heavy atom. The molecule has 0 atom stereocenters. The summed E-state index contributed by atoms with van der Waals surface area (Å²) in [5.41, 5.74) is 7.49. The minimum atomic E-state index is -0.325. The standard InChI is InChI=1S/C21H27N3O3S/c1-21(2,3)16-7-11-18(12-8-16)27-14-19(25)23-24-20(28)22-13-15-5-9-17(26-4)10-6-15/h5-12H,13-14H2,1-4H3,(H,23,25)(H2,22,24,28). The maximum Gasteiger partial charge on any atom is 0.276 e. The van der Waals surface area contributed by atoms with Crippen molar-refractivity contribution in [3.63, 3.8) is 0 Å². The molecule has 0 aromatic heterocycles. The Labute approximate surface area is 171 Å². The molecule has 28 heavy (non-hydrogen) atoms. The van der Waals surface area contributed by atoms with Crippen molar-refractivity contribution in [3.8, 4) is 11.5 Å².